The molecule has 0 unspecified atom stereocenters. The second-order valence-corrected chi connectivity index (χ2v) is 1.67. The summed E-state index contributed by atoms with van der Waals surface area (Å²) in [6.45, 7) is 3.29. The fourth-order valence-corrected chi connectivity index (χ4v) is 0.650. The van der Waals surface area contributed by atoms with Crippen LogP contribution in [-0.4, -0.2) is 23.3 Å². The zero-order valence-corrected chi connectivity index (χ0v) is 5.51. The fraction of sp³-hybridized carbons (Fsp3) is 1.00. The minimum absolute atomic E-state index is 1.14. The first kappa shape index (κ1) is 5.50. The first-order valence-electron chi connectivity index (χ1n) is 1.81. The van der Waals surface area contributed by atoms with E-state index >= 15 is 0 Å². The standard InChI is InChI=1S/C3H8GeN/c1-2-3-5-4/h5H,2-3H2,1H3. The minimum atomic E-state index is 1.14. The van der Waals surface area contributed by atoms with Crippen molar-refractivity contribution in [3.8, 4) is 0 Å². The molecule has 0 saturated carbocycles. The first-order valence-corrected chi connectivity index (χ1v) is 2.86. The Labute approximate surface area is 41.6 Å². The maximum absolute atomic E-state index is 3.02. The normalized spacial score (nSPS) is 8.40. The molecule has 0 atom stereocenters. The summed E-state index contributed by atoms with van der Waals surface area (Å²) in [5.41, 5.74) is 0. The summed E-state index contributed by atoms with van der Waals surface area (Å²) < 4.78 is 3.02. The van der Waals surface area contributed by atoms with Gasteiger partial charge in [-0.15, -0.1) is 0 Å². The van der Waals surface area contributed by atoms with E-state index in [2.05, 4.69) is 11.2 Å². The molecule has 0 aliphatic carbocycles. The Balaban J connectivity index is 2.19. The van der Waals surface area contributed by atoms with Gasteiger partial charge in [0.2, 0.25) is 0 Å². The molecule has 0 rings (SSSR count). The molecule has 0 spiro atoms. The van der Waals surface area contributed by atoms with Crippen LogP contribution in [0.25, 0.3) is 0 Å². The zero-order valence-electron chi connectivity index (χ0n) is 3.41. The summed E-state index contributed by atoms with van der Waals surface area (Å²) in [6.07, 6.45) is 1.23. The third kappa shape index (κ3) is 4.50. The van der Waals surface area contributed by atoms with Crippen LogP contribution in [0, 0.1) is 0 Å². The van der Waals surface area contributed by atoms with Crippen molar-refractivity contribution >= 4 is 16.7 Å². The average Bonchev–Trinajstić information content (AvgIpc) is 1.41. The van der Waals surface area contributed by atoms with Gasteiger partial charge in [0.05, 0.1) is 0 Å². The molecule has 0 fully saturated rings. The molecule has 0 bridgehead atoms. The van der Waals surface area contributed by atoms with E-state index in [0.29, 0.717) is 0 Å². The first-order chi connectivity index (χ1) is 2.41. The molecule has 3 radical (unpaired) electrons. The molecular formula is C3H8GeN. The van der Waals surface area contributed by atoms with Crippen LogP contribution in [0.3, 0.4) is 0 Å². The summed E-state index contributed by atoms with van der Waals surface area (Å²) in [5.74, 6) is 0. The van der Waals surface area contributed by atoms with Crippen molar-refractivity contribution < 1.29 is 0 Å². The van der Waals surface area contributed by atoms with Crippen molar-refractivity contribution in [3.05, 3.63) is 0 Å². The van der Waals surface area contributed by atoms with E-state index in [9.17, 15) is 0 Å². The number of hydrogen-bond donors (Lipinski definition) is 1. The van der Waals surface area contributed by atoms with Gasteiger partial charge in [-0.1, -0.05) is 0 Å². The van der Waals surface area contributed by atoms with E-state index in [1.807, 2.05) is 16.7 Å². The molecular weight excluding hydrogens is 123 g/mol. The van der Waals surface area contributed by atoms with Crippen molar-refractivity contribution in [3.63, 3.8) is 0 Å². The van der Waals surface area contributed by atoms with Crippen LogP contribution in [0.4, 0.5) is 0 Å². The van der Waals surface area contributed by atoms with Crippen molar-refractivity contribution in [2.45, 2.75) is 13.3 Å². The summed E-state index contributed by atoms with van der Waals surface area (Å²) in [6, 6.07) is 0. The zero-order chi connectivity index (χ0) is 4.12. The Morgan fingerprint density at radius 3 is 2.40 bits per heavy atom. The predicted octanol–water partition coefficient (Wildman–Crippen LogP) is 0.0695. The predicted molar refractivity (Wildman–Crippen MR) is 24.0 cm³/mol. The van der Waals surface area contributed by atoms with Gasteiger partial charge in [-0.3, -0.25) is 0 Å². The quantitative estimate of drug-likeness (QED) is 0.522. The SMILES string of the molecule is CCC[NH][Ge]. The molecule has 0 aliphatic heterocycles. The van der Waals surface area contributed by atoms with Crippen LogP contribution in [-0.2, 0) is 0 Å². The van der Waals surface area contributed by atoms with E-state index < -0.39 is 0 Å². The van der Waals surface area contributed by atoms with Crippen molar-refractivity contribution in [2.24, 2.45) is 0 Å². The average molecular weight is 131 g/mol. The molecule has 0 aromatic heterocycles. The summed E-state index contributed by atoms with van der Waals surface area (Å²) >= 11 is 1.96. The van der Waals surface area contributed by atoms with Gasteiger partial charge in [0.25, 0.3) is 0 Å². The Kier molecular flexibility index (Phi) is 4.96. The van der Waals surface area contributed by atoms with Gasteiger partial charge < -0.3 is 0 Å². The van der Waals surface area contributed by atoms with E-state index in [1.165, 1.54) is 6.42 Å². The summed E-state index contributed by atoms with van der Waals surface area (Å²) in [5, 5.41) is 0. The molecule has 0 aliphatic rings. The van der Waals surface area contributed by atoms with Crippen LogP contribution in [0.5, 0.6) is 0 Å². The number of hydrogen-bond acceptors (Lipinski definition) is 1. The molecule has 1 nitrogen and oxygen atoms in total. The molecule has 0 amide bonds. The fourth-order valence-electron chi connectivity index (χ4n) is 0.125. The van der Waals surface area contributed by atoms with Gasteiger partial charge in [-0.25, -0.2) is 0 Å². The van der Waals surface area contributed by atoms with E-state index in [1.54, 1.807) is 0 Å². The third-order valence-corrected chi connectivity index (χ3v) is 0.900. The monoisotopic (exact) mass is 132 g/mol. The second kappa shape index (κ2) is 4.50. The van der Waals surface area contributed by atoms with Crippen LogP contribution in [0.2, 0.25) is 0 Å². The van der Waals surface area contributed by atoms with Crippen molar-refractivity contribution in [2.75, 3.05) is 6.54 Å². The maximum atomic E-state index is 3.02. The van der Waals surface area contributed by atoms with Gasteiger partial charge in [0.1, 0.15) is 0 Å². The molecule has 1 N–H and O–H groups in total. The van der Waals surface area contributed by atoms with Crippen LogP contribution in [0.1, 0.15) is 13.3 Å². The van der Waals surface area contributed by atoms with Crippen molar-refractivity contribution in [1.82, 2.24) is 4.27 Å². The Bertz CT molecular complexity index is 14.4. The molecule has 5 heavy (non-hydrogen) atoms. The van der Waals surface area contributed by atoms with E-state index in [4.69, 9.17) is 0 Å². The molecule has 2 heteroatoms. The molecule has 0 saturated heterocycles. The van der Waals surface area contributed by atoms with Gasteiger partial charge in [0.15, 0.2) is 0 Å². The second-order valence-electron chi connectivity index (χ2n) is 0.927. The van der Waals surface area contributed by atoms with Gasteiger partial charge in [-0.05, 0) is 0 Å². The molecule has 0 heterocycles. The Morgan fingerprint density at radius 2 is 2.40 bits per heavy atom. The molecule has 0 aromatic carbocycles. The van der Waals surface area contributed by atoms with E-state index in [0.717, 1.165) is 6.54 Å². The van der Waals surface area contributed by atoms with Gasteiger partial charge >= 0.3 is 40.9 Å². The Hall–Kier alpha value is 0.503. The van der Waals surface area contributed by atoms with Crippen LogP contribution in [0.15, 0.2) is 0 Å². The van der Waals surface area contributed by atoms with Crippen molar-refractivity contribution in [1.29, 1.82) is 0 Å². The van der Waals surface area contributed by atoms with Crippen LogP contribution < -0.4 is 4.27 Å². The van der Waals surface area contributed by atoms with Gasteiger partial charge in [-0.2, -0.15) is 0 Å². The third-order valence-electron chi connectivity index (χ3n) is 0.375. The number of nitrogens with one attached hydrogen (secondary N) is 1. The molecule has 29 valence electrons. The Morgan fingerprint density at radius 1 is 1.80 bits per heavy atom. The van der Waals surface area contributed by atoms with E-state index in [-0.39, 0.29) is 0 Å². The van der Waals surface area contributed by atoms with Crippen LogP contribution >= 0.6 is 0 Å². The summed E-state index contributed by atoms with van der Waals surface area (Å²) in [4.78, 5) is 0. The van der Waals surface area contributed by atoms with Gasteiger partial charge in [0, 0.05) is 0 Å². The molecule has 0 aromatic rings. The summed E-state index contributed by atoms with van der Waals surface area (Å²) in [7, 11) is 0. The topological polar surface area (TPSA) is 12.0 Å². The number of rotatable bonds is 2.